The molecule has 0 spiro atoms. The van der Waals surface area contributed by atoms with Gasteiger partial charge in [-0.15, -0.1) is 0 Å². The smallest absolute Gasteiger partial charge is 0.237 e. The van der Waals surface area contributed by atoms with Crippen molar-refractivity contribution in [2.75, 3.05) is 18.0 Å². The first kappa shape index (κ1) is 24.2. The molecule has 0 bridgehead atoms. The minimum atomic E-state index is 0.163. The van der Waals surface area contributed by atoms with Crippen LogP contribution in [0.4, 0.5) is 5.82 Å². The zero-order valence-corrected chi connectivity index (χ0v) is 20.3. The van der Waals surface area contributed by atoms with E-state index in [1.807, 2.05) is 10.8 Å². The van der Waals surface area contributed by atoms with Crippen molar-refractivity contribution in [2.24, 2.45) is 5.92 Å². The number of carbonyl (C=O) groups excluding carboxylic acids is 1. The zero-order valence-electron chi connectivity index (χ0n) is 20.3. The second-order valence-electron chi connectivity index (χ2n) is 9.00. The number of piperidine rings is 1. The fraction of sp³-hybridized carbons (Fsp3) is 0.680. The third kappa shape index (κ3) is 6.08. The molecule has 0 aliphatic carbocycles. The highest BCUT2D eigenvalue weighted by molar-refractivity contribution is 5.77. The van der Waals surface area contributed by atoms with Gasteiger partial charge >= 0.3 is 0 Å². The molecular weight excluding hydrogens is 400 g/mol. The molecule has 2 unspecified atom stereocenters. The number of imidazole rings is 1. The lowest BCUT2D eigenvalue weighted by Crippen LogP contribution is -2.44. The minimum absolute atomic E-state index is 0.163. The first-order valence-corrected chi connectivity index (χ1v) is 12.5. The number of carbonyl (C=O) groups is 1. The maximum Gasteiger partial charge on any atom is 0.237 e. The summed E-state index contributed by atoms with van der Waals surface area (Å²) in [5.41, 5.74) is 2.17. The molecule has 1 aliphatic rings. The van der Waals surface area contributed by atoms with Gasteiger partial charge in [0.25, 0.3) is 0 Å². The average Bonchev–Trinajstić information content (AvgIpc) is 3.34. The van der Waals surface area contributed by atoms with Gasteiger partial charge in [-0.1, -0.05) is 40.0 Å². The summed E-state index contributed by atoms with van der Waals surface area (Å²) in [4.78, 5) is 29.1. The van der Waals surface area contributed by atoms with Gasteiger partial charge in [0.15, 0.2) is 0 Å². The molecule has 0 aromatic carbocycles. The Balaban J connectivity index is 1.75. The van der Waals surface area contributed by atoms with Crippen LogP contribution in [0.1, 0.15) is 83.4 Å². The fourth-order valence-electron chi connectivity index (χ4n) is 4.69. The van der Waals surface area contributed by atoms with Crippen molar-refractivity contribution in [2.45, 2.75) is 91.5 Å². The van der Waals surface area contributed by atoms with Gasteiger partial charge in [-0.25, -0.2) is 9.97 Å². The molecule has 1 saturated heterocycles. The summed E-state index contributed by atoms with van der Waals surface area (Å²) in [5.74, 6) is 2.36. The van der Waals surface area contributed by atoms with E-state index in [2.05, 4.69) is 42.9 Å². The lowest BCUT2D eigenvalue weighted by molar-refractivity contribution is -0.121. The Morgan fingerprint density at radius 3 is 2.78 bits per heavy atom. The van der Waals surface area contributed by atoms with Crippen LogP contribution in [-0.4, -0.2) is 44.6 Å². The molecular formula is C25H40N6O. The molecule has 2 aromatic rings. The number of aromatic nitrogens is 4. The summed E-state index contributed by atoms with van der Waals surface area (Å²) in [6, 6.07) is 0.176. The monoisotopic (exact) mass is 440 g/mol. The van der Waals surface area contributed by atoms with Crippen molar-refractivity contribution in [3.05, 3.63) is 30.0 Å². The highest BCUT2D eigenvalue weighted by Gasteiger charge is 2.28. The molecule has 1 fully saturated rings. The Bertz CT molecular complexity index is 850. The average molecular weight is 441 g/mol. The van der Waals surface area contributed by atoms with E-state index in [1.165, 1.54) is 24.8 Å². The maximum absolute atomic E-state index is 12.9. The molecule has 2 atom stereocenters. The van der Waals surface area contributed by atoms with E-state index in [0.29, 0.717) is 18.3 Å². The SMILES string of the molecule is CCCCC(CC)CNC(=O)CC1CCCCN1c1nc(-n2ccnc2)nc(C)c1CC. The van der Waals surface area contributed by atoms with E-state index in [9.17, 15) is 4.79 Å². The molecule has 7 nitrogen and oxygen atoms in total. The van der Waals surface area contributed by atoms with Crippen LogP contribution < -0.4 is 10.2 Å². The van der Waals surface area contributed by atoms with Gasteiger partial charge in [0.05, 0.1) is 0 Å². The molecule has 0 saturated carbocycles. The van der Waals surface area contributed by atoms with E-state index in [-0.39, 0.29) is 11.9 Å². The fourth-order valence-corrected chi connectivity index (χ4v) is 4.69. The number of nitrogens with one attached hydrogen (secondary N) is 1. The van der Waals surface area contributed by atoms with Crippen molar-refractivity contribution in [3.8, 4) is 5.95 Å². The normalized spacial score (nSPS) is 17.4. The highest BCUT2D eigenvalue weighted by atomic mass is 16.1. The van der Waals surface area contributed by atoms with Crippen LogP contribution >= 0.6 is 0 Å². The Morgan fingerprint density at radius 1 is 1.25 bits per heavy atom. The molecule has 176 valence electrons. The molecule has 1 amide bonds. The number of aryl methyl sites for hydroxylation is 1. The van der Waals surface area contributed by atoms with Crippen molar-refractivity contribution >= 4 is 11.7 Å². The van der Waals surface area contributed by atoms with E-state index in [1.54, 1.807) is 12.5 Å². The van der Waals surface area contributed by atoms with Crippen LogP contribution in [0.3, 0.4) is 0 Å². The summed E-state index contributed by atoms with van der Waals surface area (Å²) >= 11 is 0. The quantitative estimate of drug-likeness (QED) is 0.552. The minimum Gasteiger partial charge on any atom is -0.356 e. The topological polar surface area (TPSA) is 75.9 Å². The number of hydrogen-bond donors (Lipinski definition) is 1. The molecule has 7 heteroatoms. The van der Waals surface area contributed by atoms with Gasteiger partial charge in [0.2, 0.25) is 11.9 Å². The third-order valence-electron chi connectivity index (χ3n) is 6.72. The maximum atomic E-state index is 12.9. The summed E-state index contributed by atoms with van der Waals surface area (Å²) in [7, 11) is 0. The van der Waals surface area contributed by atoms with Crippen LogP contribution in [-0.2, 0) is 11.2 Å². The molecule has 2 aromatic heterocycles. The molecule has 1 aliphatic heterocycles. The Hall–Kier alpha value is -2.44. The third-order valence-corrected chi connectivity index (χ3v) is 6.72. The molecule has 3 rings (SSSR count). The highest BCUT2D eigenvalue weighted by Crippen LogP contribution is 2.30. The van der Waals surface area contributed by atoms with Crippen molar-refractivity contribution < 1.29 is 4.79 Å². The summed E-state index contributed by atoms with van der Waals surface area (Å²) in [6.07, 6.45) is 14.8. The van der Waals surface area contributed by atoms with Crippen LogP contribution in [0, 0.1) is 12.8 Å². The zero-order chi connectivity index (χ0) is 22.9. The number of hydrogen-bond acceptors (Lipinski definition) is 5. The van der Waals surface area contributed by atoms with Crippen molar-refractivity contribution in [1.29, 1.82) is 0 Å². The van der Waals surface area contributed by atoms with Crippen LogP contribution in [0.25, 0.3) is 5.95 Å². The Kier molecular flexibility index (Phi) is 9.06. The predicted molar refractivity (Wildman–Crippen MR) is 129 cm³/mol. The van der Waals surface area contributed by atoms with E-state index < -0.39 is 0 Å². The summed E-state index contributed by atoms with van der Waals surface area (Å²) in [5, 5.41) is 3.22. The lowest BCUT2D eigenvalue weighted by Gasteiger charge is -2.38. The molecule has 1 N–H and O–H groups in total. The Labute approximate surface area is 193 Å². The number of amides is 1. The summed E-state index contributed by atoms with van der Waals surface area (Å²) in [6.45, 7) is 10.4. The second kappa shape index (κ2) is 12.0. The first-order chi connectivity index (χ1) is 15.6. The number of anilines is 1. The van der Waals surface area contributed by atoms with Gasteiger partial charge in [-0.2, -0.15) is 4.98 Å². The van der Waals surface area contributed by atoms with Crippen LogP contribution in [0.2, 0.25) is 0 Å². The Morgan fingerprint density at radius 2 is 2.09 bits per heavy atom. The summed E-state index contributed by atoms with van der Waals surface area (Å²) < 4.78 is 1.85. The lowest BCUT2D eigenvalue weighted by atomic mass is 9.97. The van der Waals surface area contributed by atoms with Gasteiger partial charge in [-0.3, -0.25) is 9.36 Å². The van der Waals surface area contributed by atoms with Crippen molar-refractivity contribution in [3.63, 3.8) is 0 Å². The van der Waals surface area contributed by atoms with Crippen LogP contribution in [0.15, 0.2) is 18.7 Å². The van der Waals surface area contributed by atoms with Crippen molar-refractivity contribution in [1.82, 2.24) is 24.8 Å². The number of unbranched alkanes of at least 4 members (excludes halogenated alkanes) is 1. The standard InChI is InChI=1S/C25H40N6O/c1-5-8-11-20(6-2)17-27-23(32)16-21-12-9-10-14-31(21)24-22(7-3)19(4)28-25(29-24)30-15-13-26-18-30/h13,15,18,20-21H,5-12,14,16-17H2,1-4H3,(H,27,32). The largest absolute Gasteiger partial charge is 0.356 e. The molecule has 32 heavy (non-hydrogen) atoms. The molecule has 3 heterocycles. The van der Waals surface area contributed by atoms with Gasteiger partial charge < -0.3 is 10.2 Å². The van der Waals surface area contributed by atoms with E-state index in [0.717, 1.165) is 56.7 Å². The number of rotatable bonds is 11. The second-order valence-corrected chi connectivity index (χ2v) is 9.00. The van der Waals surface area contributed by atoms with Crippen LogP contribution in [0.5, 0.6) is 0 Å². The first-order valence-electron chi connectivity index (χ1n) is 12.5. The van der Waals surface area contributed by atoms with Gasteiger partial charge in [0.1, 0.15) is 12.1 Å². The predicted octanol–water partition coefficient (Wildman–Crippen LogP) is 4.61. The van der Waals surface area contributed by atoms with Gasteiger partial charge in [0, 0.05) is 49.2 Å². The van der Waals surface area contributed by atoms with Gasteiger partial charge in [-0.05, 0) is 44.9 Å². The number of nitrogens with zero attached hydrogens (tertiary/aromatic N) is 5. The van der Waals surface area contributed by atoms with E-state index in [4.69, 9.17) is 9.97 Å². The molecule has 0 radical (unpaired) electrons. The van der Waals surface area contributed by atoms with E-state index >= 15 is 0 Å².